The molecular weight excluding hydrogens is 500 g/mol. The van der Waals surface area contributed by atoms with E-state index in [0.29, 0.717) is 11.6 Å². The van der Waals surface area contributed by atoms with E-state index in [2.05, 4.69) is 31.5 Å². The SMILES string of the molecule is CN=C(NCC(=O)Nc1ccc(F)cc1)N1CCN(c2cccc(OC)c2)CC1.I. The van der Waals surface area contributed by atoms with Gasteiger partial charge in [0.1, 0.15) is 11.6 Å². The smallest absolute Gasteiger partial charge is 0.243 e. The van der Waals surface area contributed by atoms with Crippen molar-refractivity contribution in [3.63, 3.8) is 0 Å². The molecule has 2 aromatic carbocycles. The monoisotopic (exact) mass is 527 g/mol. The average molecular weight is 527 g/mol. The first-order valence-corrected chi connectivity index (χ1v) is 9.49. The molecule has 30 heavy (non-hydrogen) atoms. The van der Waals surface area contributed by atoms with Crippen molar-refractivity contribution in [2.24, 2.45) is 4.99 Å². The number of hydrogen-bond acceptors (Lipinski definition) is 4. The number of nitrogens with one attached hydrogen (secondary N) is 2. The summed E-state index contributed by atoms with van der Waals surface area (Å²) in [5, 5.41) is 5.82. The van der Waals surface area contributed by atoms with E-state index in [9.17, 15) is 9.18 Å². The summed E-state index contributed by atoms with van der Waals surface area (Å²) in [7, 11) is 3.37. The highest BCUT2D eigenvalue weighted by atomic mass is 127. The molecule has 0 aliphatic carbocycles. The lowest BCUT2D eigenvalue weighted by atomic mass is 10.2. The van der Waals surface area contributed by atoms with E-state index in [0.717, 1.165) is 37.6 Å². The number of piperazine rings is 1. The van der Waals surface area contributed by atoms with Crippen molar-refractivity contribution in [1.29, 1.82) is 0 Å². The van der Waals surface area contributed by atoms with Gasteiger partial charge in [0.15, 0.2) is 5.96 Å². The molecule has 2 N–H and O–H groups in total. The highest BCUT2D eigenvalue weighted by molar-refractivity contribution is 14.0. The Morgan fingerprint density at radius 1 is 1.13 bits per heavy atom. The molecule has 1 saturated heterocycles. The second-order valence-corrected chi connectivity index (χ2v) is 6.63. The van der Waals surface area contributed by atoms with Crippen LogP contribution in [0, 0.1) is 5.82 Å². The molecule has 162 valence electrons. The van der Waals surface area contributed by atoms with Crippen molar-refractivity contribution in [3.05, 3.63) is 54.3 Å². The lowest BCUT2D eigenvalue weighted by Gasteiger charge is -2.37. The number of hydrogen-bond donors (Lipinski definition) is 2. The van der Waals surface area contributed by atoms with Crippen LogP contribution in [0.15, 0.2) is 53.5 Å². The third-order valence-corrected chi connectivity index (χ3v) is 4.74. The van der Waals surface area contributed by atoms with Gasteiger partial charge in [-0.3, -0.25) is 9.79 Å². The Morgan fingerprint density at radius 3 is 2.47 bits per heavy atom. The number of methoxy groups -OCH3 is 1. The summed E-state index contributed by atoms with van der Waals surface area (Å²) in [5.41, 5.74) is 1.69. The van der Waals surface area contributed by atoms with Gasteiger partial charge in [-0.15, -0.1) is 24.0 Å². The average Bonchev–Trinajstić information content (AvgIpc) is 2.76. The van der Waals surface area contributed by atoms with Crippen molar-refractivity contribution in [3.8, 4) is 5.75 Å². The minimum atomic E-state index is -0.338. The number of carbonyl (C=O) groups is 1. The fourth-order valence-corrected chi connectivity index (χ4v) is 3.21. The molecule has 2 aromatic rings. The molecule has 3 rings (SSSR count). The van der Waals surface area contributed by atoms with Crippen LogP contribution in [0.25, 0.3) is 0 Å². The molecule has 0 saturated carbocycles. The number of rotatable bonds is 5. The molecule has 1 aliphatic heterocycles. The van der Waals surface area contributed by atoms with Gasteiger partial charge in [0.25, 0.3) is 0 Å². The second-order valence-electron chi connectivity index (χ2n) is 6.63. The van der Waals surface area contributed by atoms with Gasteiger partial charge in [0.05, 0.1) is 13.7 Å². The predicted octanol–water partition coefficient (Wildman–Crippen LogP) is 2.79. The number of carbonyl (C=O) groups excluding carboxylic acids is 1. The molecule has 0 bridgehead atoms. The summed E-state index contributed by atoms with van der Waals surface area (Å²) in [5.74, 6) is 0.974. The van der Waals surface area contributed by atoms with Crippen LogP contribution < -0.4 is 20.3 Å². The first-order chi connectivity index (χ1) is 14.1. The summed E-state index contributed by atoms with van der Waals surface area (Å²) in [6, 6.07) is 13.7. The number of amides is 1. The van der Waals surface area contributed by atoms with Crippen molar-refractivity contribution in [1.82, 2.24) is 10.2 Å². The molecule has 0 spiro atoms. The highest BCUT2D eigenvalue weighted by Gasteiger charge is 2.20. The third kappa shape index (κ3) is 6.48. The number of halogens is 2. The Hall–Kier alpha value is -2.56. The maximum Gasteiger partial charge on any atom is 0.243 e. The first-order valence-electron chi connectivity index (χ1n) is 9.49. The first kappa shape index (κ1) is 23.7. The summed E-state index contributed by atoms with van der Waals surface area (Å²) in [4.78, 5) is 20.9. The van der Waals surface area contributed by atoms with Crippen LogP contribution in [0.2, 0.25) is 0 Å². The van der Waals surface area contributed by atoms with Crippen LogP contribution in [-0.4, -0.2) is 63.6 Å². The molecule has 0 unspecified atom stereocenters. The Labute approximate surface area is 193 Å². The largest absolute Gasteiger partial charge is 0.497 e. The van der Waals surface area contributed by atoms with E-state index < -0.39 is 0 Å². The van der Waals surface area contributed by atoms with Crippen molar-refractivity contribution < 1.29 is 13.9 Å². The van der Waals surface area contributed by atoms with Crippen LogP contribution in [-0.2, 0) is 4.79 Å². The number of ether oxygens (including phenoxy) is 1. The van der Waals surface area contributed by atoms with Crippen LogP contribution in [0.5, 0.6) is 5.75 Å². The summed E-state index contributed by atoms with van der Waals surface area (Å²) in [6.07, 6.45) is 0. The van der Waals surface area contributed by atoms with Crippen molar-refractivity contribution in [2.75, 3.05) is 57.1 Å². The molecule has 1 aliphatic rings. The Balaban J connectivity index is 0.00000320. The van der Waals surface area contributed by atoms with Gasteiger partial charge in [-0.25, -0.2) is 4.39 Å². The lowest BCUT2D eigenvalue weighted by molar-refractivity contribution is -0.115. The van der Waals surface area contributed by atoms with Gasteiger partial charge >= 0.3 is 0 Å². The maximum absolute atomic E-state index is 12.9. The molecular formula is C21H27FIN5O2. The molecule has 9 heteroatoms. The van der Waals surface area contributed by atoms with Gasteiger partial charge in [0.2, 0.25) is 5.91 Å². The second kappa shape index (κ2) is 11.6. The Bertz CT molecular complexity index is 855. The Kier molecular flexibility index (Phi) is 9.15. The zero-order valence-electron chi connectivity index (χ0n) is 17.1. The van der Waals surface area contributed by atoms with Crippen molar-refractivity contribution in [2.45, 2.75) is 0 Å². The molecule has 0 aromatic heterocycles. The van der Waals surface area contributed by atoms with Gasteiger partial charge in [-0.1, -0.05) is 6.07 Å². The summed E-state index contributed by atoms with van der Waals surface area (Å²) < 4.78 is 18.3. The molecule has 0 radical (unpaired) electrons. The van der Waals surface area contributed by atoms with E-state index in [1.807, 2.05) is 18.2 Å². The quantitative estimate of drug-likeness (QED) is 0.356. The minimum Gasteiger partial charge on any atom is -0.497 e. The number of aliphatic imine (C=N–C) groups is 1. The van der Waals surface area contributed by atoms with Crippen LogP contribution in [0.1, 0.15) is 0 Å². The molecule has 0 atom stereocenters. The number of nitrogens with zero attached hydrogens (tertiary/aromatic N) is 3. The van der Waals surface area contributed by atoms with Crippen LogP contribution in [0.4, 0.5) is 15.8 Å². The lowest BCUT2D eigenvalue weighted by Crippen LogP contribution is -2.53. The predicted molar refractivity (Wildman–Crippen MR) is 129 cm³/mol. The third-order valence-electron chi connectivity index (χ3n) is 4.74. The van der Waals surface area contributed by atoms with E-state index in [4.69, 9.17) is 4.74 Å². The summed E-state index contributed by atoms with van der Waals surface area (Å²) >= 11 is 0. The topological polar surface area (TPSA) is 69.2 Å². The fraction of sp³-hybridized carbons (Fsp3) is 0.333. The molecule has 1 heterocycles. The van der Waals surface area contributed by atoms with Gasteiger partial charge in [-0.05, 0) is 36.4 Å². The Morgan fingerprint density at radius 2 is 1.83 bits per heavy atom. The zero-order chi connectivity index (χ0) is 20.6. The van der Waals surface area contributed by atoms with Crippen molar-refractivity contribution >= 4 is 47.2 Å². The van der Waals surface area contributed by atoms with E-state index >= 15 is 0 Å². The molecule has 1 amide bonds. The maximum atomic E-state index is 12.9. The summed E-state index contributed by atoms with van der Waals surface area (Å²) in [6.45, 7) is 3.35. The number of benzene rings is 2. The molecule has 7 nitrogen and oxygen atoms in total. The van der Waals surface area contributed by atoms with Gasteiger partial charge in [0, 0.05) is 50.7 Å². The minimum absolute atomic E-state index is 0. The van der Waals surface area contributed by atoms with Gasteiger partial charge < -0.3 is 25.2 Å². The fourth-order valence-electron chi connectivity index (χ4n) is 3.21. The van der Waals surface area contributed by atoms with Crippen LogP contribution in [0.3, 0.4) is 0 Å². The number of guanidine groups is 1. The standard InChI is InChI=1S/C21H26FN5O2.HI/c1-23-21(24-15-20(28)25-17-8-6-16(22)7-9-17)27-12-10-26(11-13-27)18-4-3-5-19(14-18)29-2;/h3-9,14H,10-13,15H2,1-2H3,(H,23,24)(H,25,28);1H. The van der Waals surface area contributed by atoms with E-state index in [1.165, 1.54) is 24.3 Å². The number of anilines is 2. The van der Waals surface area contributed by atoms with Gasteiger partial charge in [-0.2, -0.15) is 0 Å². The van der Waals surface area contributed by atoms with Crippen LogP contribution >= 0.6 is 24.0 Å². The van der Waals surface area contributed by atoms with E-state index in [1.54, 1.807) is 14.2 Å². The molecule has 1 fully saturated rings. The zero-order valence-corrected chi connectivity index (χ0v) is 19.4. The highest BCUT2D eigenvalue weighted by Crippen LogP contribution is 2.22. The van der Waals surface area contributed by atoms with E-state index in [-0.39, 0.29) is 42.2 Å². The normalized spacial score (nSPS) is 14.0.